The Morgan fingerprint density at radius 2 is 1.81 bits per heavy atom. The highest BCUT2D eigenvalue weighted by molar-refractivity contribution is 7.11. The zero-order chi connectivity index (χ0) is 19.5. The van der Waals surface area contributed by atoms with E-state index in [-0.39, 0.29) is 11.1 Å². The molecule has 27 heavy (non-hydrogen) atoms. The lowest BCUT2D eigenvalue weighted by Crippen LogP contribution is -2.01. The molecule has 0 saturated heterocycles. The summed E-state index contributed by atoms with van der Waals surface area (Å²) < 4.78 is 11.2. The molecule has 0 bridgehead atoms. The number of thiophene rings is 1. The molecule has 1 aromatic heterocycles. The fraction of sp³-hybridized carbons (Fsp3) is 0.278. The third kappa shape index (κ3) is 8.62. The normalized spacial score (nSPS) is 10.8. The molecular weight excluding hydrogens is 452 g/mol. The summed E-state index contributed by atoms with van der Waals surface area (Å²) in [5.41, 5.74) is 0. The quantitative estimate of drug-likeness (QED) is 0.203. The number of nitrogens with zero attached hydrogens (tertiary/aromatic N) is 1. The topological polar surface area (TPSA) is 40.0 Å². The smallest absolute Gasteiger partial charge is 0.156 e. The molecule has 0 radical (unpaired) electrons. The maximum Gasteiger partial charge on any atom is 0.156 e. The van der Waals surface area contributed by atoms with Gasteiger partial charge in [0, 0.05) is 17.0 Å². The van der Waals surface area contributed by atoms with E-state index in [2.05, 4.69) is 5.16 Å². The van der Waals surface area contributed by atoms with Crippen molar-refractivity contribution in [1.29, 1.82) is 0 Å². The van der Waals surface area contributed by atoms with Gasteiger partial charge in [-0.15, -0.1) is 11.3 Å². The minimum atomic E-state index is 0.133. The number of halogens is 4. The molecule has 2 aromatic rings. The third-order valence-electron chi connectivity index (χ3n) is 3.13. The molecule has 0 aliphatic heterocycles. The Kier molecular flexibility index (Phi) is 10.2. The van der Waals surface area contributed by atoms with E-state index in [9.17, 15) is 0 Å². The SMILES string of the molecule is ClC(Cl)=CCOc1cc(Cl)c(OCCCCO/N=C/c2cccs2)c(Cl)c1. The summed E-state index contributed by atoms with van der Waals surface area (Å²) in [5.74, 6) is 0.924. The Hall–Kier alpha value is -1.11. The van der Waals surface area contributed by atoms with Crippen LogP contribution in [0.5, 0.6) is 11.5 Å². The monoisotopic (exact) mass is 467 g/mol. The summed E-state index contributed by atoms with van der Waals surface area (Å²) >= 11 is 25.1. The van der Waals surface area contributed by atoms with Crippen molar-refractivity contribution in [2.45, 2.75) is 12.8 Å². The number of benzene rings is 1. The lowest BCUT2D eigenvalue weighted by molar-refractivity contribution is 0.137. The van der Waals surface area contributed by atoms with Crippen LogP contribution >= 0.6 is 57.7 Å². The minimum Gasteiger partial charge on any atom is -0.490 e. The average molecular weight is 469 g/mol. The number of oxime groups is 1. The molecule has 0 N–H and O–H groups in total. The highest BCUT2D eigenvalue weighted by Crippen LogP contribution is 2.37. The van der Waals surface area contributed by atoms with Gasteiger partial charge in [-0.1, -0.05) is 57.6 Å². The standard InChI is InChI=1S/C18H17Cl4NO3S/c19-15-10-13(24-8-5-17(21)22)11-16(20)18(15)25-6-1-2-7-26-23-12-14-4-3-9-27-14/h3-5,9-12H,1-2,6-8H2/b23-12+. The van der Waals surface area contributed by atoms with E-state index < -0.39 is 0 Å². The van der Waals surface area contributed by atoms with Crippen molar-refractivity contribution in [3.05, 3.63) is 55.1 Å². The van der Waals surface area contributed by atoms with Crippen molar-refractivity contribution in [2.75, 3.05) is 19.8 Å². The Morgan fingerprint density at radius 3 is 2.48 bits per heavy atom. The molecule has 0 spiro atoms. The van der Waals surface area contributed by atoms with Gasteiger partial charge >= 0.3 is 0 Å². The summed E-state index contributed by atoms with van der Waals surface area (Å²) in [4.78, 5) is 6.26. The molecular formula is C18H17Cl4NO3S. The molecule has 1 aromatic carbocycles. The molecule has 1 heterocycles. The number of ether oxygens (including phenoxy) is 2. The lowest BCUT2D eigenvalue weighted by Gasteiger charge is -2.12. The highest BCUT2D eigenvalue weighted by Gasteiger charge is 2.10. The van der Waals surface area contributed by atoms with Crippen LogP contribution in [-0.4, -0.2) is 26.0 Å². The van der Waals surface area contributed by atoms with E-state index in [0.717, 1.165) is 17.7 Å². The zero-order valence-corrected chi connectivity index (χ0v) is 18.0. The van der Waals surface area contributed by atoms with Gasteiger partial charge in [0.15, 0.2) is 5.75 Å². The fourth-order valence-electron chi connectivity index (χ4n) is 1.91. The second-order valence-electron chi connectivity index (χ2n) is 5.16. The van der Waals surface area contributed by atoms with Crippen LogP contribution < -0.4 is 9.47 Å². The van der Waals surface area contributed by atoms with Crippen LogP contribution in [0.15, 0.2) is 45.4 Å². The zero-order valence-electron chi connectivity index (χ0n) is 14.2. The summed E-state index contributed by atoms with van der Waals surface area (Å²) in [6.45, 7) is 1.18. The van der Waals surface area contributed by atoms with Crippen LogP contribution in [0.2, 0.25) is 10.0 Å². The van der Waals surface area contributed by atoms with Crippen molar-refractivity contribution in [1.82, 2.24) is 0 Å². The van der Waals surface area contributed by atoms with Gasteiger partial charge in [-0.25, -0.2) is 0 Å². The summed E-state index contributed by atoms with van der Waals surface area (Å²) in [5, 5.41) is 6.64. The fourth-order valence-corrected chi connectivity index (χ4v) is 3.19. The molecule has 0 aliphatic rings. The van der Waals surface area contributed by atoms with Crippen molar-refractivity contribution in [3.63, 3.8) is 0 Å². The summed E-state index contributed by atoms with van der Waals surface area (Å²) in [6, 6.07) is 7.19. The van der Waals surface area contributed by atoms with Crippen LogP contribution in [-0.2, 0) is 4.84 Å². The first-order valence-corrected chi connectivity index (χ1v) is 10.4. The van der Waals surface area contributed by atoms with E-state index in [4.69, 9.17) is 60.7 Å². The van der Waals surface area contributed by atoms with Gasteiger partial charge in [0.2, 0.25) is 0 Å². The van der Waals surface area contributed by atoms with E-state index in [0.29, 0.717) is 34.8 Å². The molecule has 0 unspecified atom stereocenters. The maximum atomic E-state index is 6.21. The summed E-state index contributed by atoms with van der Waals surface area (Å²) in [7, 11) is 0. The molecule has 0 atom stereocenters. The first-order chi connectivity index (χ1) is 13.1. The van der Waals surface area contributed by atoms with Gasteiger partial charge in [0.1, 0.15) is 23.5 Å². The molecule has 146 valence electrons. The second-order valence-corrected chi connectivity index (χ2v) is 7.96. The molecule has 0 saturated carbocycles. The molecule has 0 aliphatic carbocycles. The van der Waals surface area contributed by atoms with E-state index in [1.807, 2.05) is 17.5 Å². The van der Waals surface area contributed by atoms with E-state index >= 15 is 0 Å². The van der Waals surface area contributed by atoms with Gasteiger partial charge < -0.3 is 14.3 Å². The lowest BCUT2D eigenvalue weighted by atomic mass is 10.3. The second kappa shape index (κ2) is 12.4. The molecule has 9 heteroatoms. The largest absolute Gasteiger partial charge is 0.490 e. The van der Waals surface area contributed by atoms with Crippen LogP contribution in [0.4, 0.5) is 0 Å². The van der Waals surface area contributed by atoms with Crippen LogP contribution in [0.3, 0.4) is 0 Å². The van der Waals surface area contributed by atoms with Crippen molar-refractivity contribution < 1.29 is 14.3 Å². The van der Waals surface area contributed by atoms with Gasteiger partial charge in [0.05, 0.1) is 22.9 Å². The number of hydrogen-bond acceptors (Lipinski definition) is 5. The van der Waals surface area contributed by atoms with Crippen molar-refractivity contribution >= 4 is 64.0 Å². The Balaban J connectivity index is 1.68. The predicted molar refractivity (Wildman–Crippen MR) is 114 cm³/mol. The number of unbranched alkanes of at least 4 members (excludes halogenated alkanes) is 1. The maximum absolute atomic E-state index is 6.21. The molecule has 0 amide bonds. The van der Waals surface area contributed by atoms with Crippen LogP contribution in [0.25, 0.3) is 0 Å². The average Bonchev–Trinajstić information content (AvgIpc) is 3.12. The first kappa shape index (κ1) is 22.2. The predicted octanol–water partition coefficient (Wildman–Crippen LogP) is 6.96. The van der Waals surface area contributed by atoms with Crippen LogP contribution in [0.1, 0.15) is 17.7 Å². The number of hydrogen-bond donors (Lipinski definition) is 0. The van der Waals surface area contributed by atoms with E-state index in [1.165, 1.54) is 6.08 Å². The highest BCUT2D eigenvalue weighted by atomic mass is 35.5. The molecule has 4 nitrogen and oxygen atoms in total. The van der Waals surface area contributed by atoms with Gasteiger partial charge in [-0.2, -0.15) is 0 Å². The Bertz CT molecular complexity index is 739. The number of rotatable bonds is 11. The van der Waals surface area contributed by atoms with Crippen LogP contribution in [0, 0.1) is 0 Å². The van der Waals surface area contributed by atoms with Gasteiger partial charge in [0.25, 0.3) is 0 Å². The van der Waals surface area contributed by atoms with Gasteiger partial charge in [-0.3, -0.25) is 0 Å². The van der Waals surface area contributed by atoms with Gasteiger partial charge in [-0.05, 0) is 30.4 Å². The Morgan fingerprint density at radius 1 is 1.07 bits per heavy atom. The molecule has 2 rings (SSSR count). The summed E-state index contributed by atoms with van der Waals surface area (Å²) in [6.07, 6.45) is 4.78. The van der Waals surface area contributed by atoms with Crippen molar-refractivity contribution in [3.8, 4) is 11.5 Å². The molecule has 0 fully saturated rings. The van der Waals surface area contributed by atoms with Crippen molar-refractivity contribution in [2.24, 2.45) is 5.16 Å². The van der Waals surface area contributed by atoms with E-state index in [1.54, 1.807) is 29.7 Å². The first-order valence-electron chi connectivity index (χ1n) is 8.01. The minimum absolute atomic E-state index is 0.133. The Labute approximate surface area is 182 Å². The third-order valence-corrected chi connectivity index (χ3v) is 4.81.